The second-order valence-electron chi connectivity index (χ2n) is 3.30. The van der Waals surface area contributed by atoms with Gasteiger partial charge in [0.15, 0.2) is 5.82 Å². The summed E-state index contributed by atoms with van der Waals surface area (Å²) in [6.07, 6.45) is 4.16. The van der Waals surface area contributed by atoms with Crippen LogP contribution in [0.15, 0.2) is 12.4 Å². The number of anilines is 1. The highest BCUT2D eigenvalue weighted by Gasteiger charge is 2.25. The third-order valence-corrected chi connectivity index (χ3v) is 2.13. The normalized spacial score (nSPS) is 26.6. The highest BCUT2D eigenvalue weighted by Crippen LogP contribution is 2.20. The number of nitrogens with two attached hydrogens (primary N) is 1. The van der Waals surface area contributed by atoms with Crippen molar-refractivity contribution < 1.29 is 4.39 Å². The van der Waals surface area contributed by atoms with Gasteiger partial charge in [0.1, 0.15) is 0 Å². The summed E-state index contributed by atoms with van der Waals surface area (Å²) in [4.78, 5) is 7.57. The molecule has 13 heavy (non-hydrogen) atoms. The van der Waals surface area contributed by atoms with E-state index in [9.17, 15) is 4.39 Å². The zero-order valence-electron chi connectivity index (χ0n) is 7.07. The number of hydrogen-bond donors (Lipinski definition) is 2. The van der Waals surface area contributed by atoms with Crippen molar-refractivity contribution >= 4 is 5.95 Å². The van der Waals surface area contributed by atoms with Crippen LogP contribution in [0.3, 0.4) is 0 Å². The number of nitrogens with zero attached hydrogens (tertiary/aromatic N) is 2. The van der Waals surface area contributed by atoms with Gasteiger partial charge in [-0.3, -0.25) is 0 Å². The summed E-state index contributed by atoms with van der Waals surface area (Å²) >= 11 is 0. The molecule has 2 rings (SSSR count). The van der Waals surface area contributed by atoms with Crippen molar-refractivity contribution in [2.75, 3.05) is 5.32 Å². The van der Waals surface area contributed by atoms with Gasteiger partial charge in [-0.2, -0.15) is 0 Å². The van der Waals surface area contributed by atoms with E-state index >= 15 is 0 Å². The molecule has 0 aromatic carbocycles. The second kappa shape index (κ2) is 3.26. The summed E-state index contributed by atoms with van der Waals surface area (Å²) in [6.45, 7) is 0. The number of rotatable bonds is 2. The van der Waals surface area contributed by atoms with Crippen molar-refractivity contribution in [3.8, 4) is 0 Å². The molecule has 0 radical (unpaired) electrons. The van der Waals surface area contributed by atoms with Crippen molar-refractivity contribution in [1.82, 2.24) is 9.97 Å². The molecule has 70 valence electrons. The molecule has 4 nitrogen and oxygen atoms in total. The molecule has 0 unspecified atom stereocenters. The number of nitrogens with one attached hydrogen (secondary N) is 1. The lowest BCUT2D eigenvalue weighted by atomic mass is 9.88. The fourth-order valence-electron chi connectivity index (χ4n) is 1.35. The molecular weight excluding hydrogens is 171 g/mol. The van der Waals surface area contributed by atoms with Crippen molar-refractivity contribution in [2.45, 2.75) is 24.9 Å². The standard InChI is InChI=1S/C8H11FN4/c9-5-3-11-8(12-4-5)13-7-1-6(10)2-7/h3-4,6-7H,1-2,10H2,(H,11,12,13). The van der Waals surface area contributed by atoms with Gasteiger partial charge in [0.05, 0.1) is 12.4 Å². The van der Waals surface area contributed by atoms with Gasteiger partial charge in [-0.05, 0) is 12.8 Å². The maximum atomic E-state index is 12.4. The van der Waals surface area contributed by atoms with E-state index in [2.05, 4.69) is 15.3 Å². The first-order valence-electron chi connectivity index (χ1n) is 4.23. The Labute approximate surface area is 75.4 Å². The smallest absolute Gasteiger partial charge is 0.222 e. The molecule has 0 amide bonds. The van der Waals surface area contributed by atoms with Gasteiger partial charge in [-0.15, -0.1) is 0 Å². The van der Waals surface area contributed by atoms with E-state index in [1.807, 2.05) is 0 Å². The van der Waals surface area contributed by atoms with Crippen LogP contribution < -0.4 is 11.1 Å². The largest absolute Gasteiger partial charge is 0.351 e. The number of aromatic nitrogens is 2. The monoisotopic (exact) mass is 182 g/mol. The number of halogens is 1. The Morgan fingerprint density at radius 3 is 2.54 bits per heavy atom. The fraction of sp³-hybridized carbons (Fsp3) is 0.500. The second-order valence-corrected chi connectivity index (χ2v) is 3.30. The highest BCUT2D eigenvalue weighted by molar-refractivity contribution is 5.26. The zero-order chi connectivity index (χ0) is 9.26. The van der Waals surface area contributed by atoms with Crippen LogP contribution in [0.25, 0.3) is 0 Å². The molecule has 0 bridgehead atoms. The van der Waals surface area contributed by atoms with E-state index in [0.29, 0.717) is 12.0 Å². The highest BCUT2D eigenvalue weighted by atomic mass is 19.1. The zero-order valence-corrected chi connectivity index (χ0v) is 7.07. The third-order valence-electron chi connectivity index (χ3n) is 2.13. The molecule has 0 saturated heterocycles. The molecule has 1 aliphatic rings. The van der Waals surface area contributed by atoms with Crippen LogP contribution in [0, 0.1) is 5.82 Å². The molecule has 3 N–H and O–H groups in total. The first-order chi connectivity index (χ1) is 6.24. The van der Waals surface area contributed by atoms with Gasteiger partial charge >= 0.3 is 0 Å². The van der Waals surface area contributed by atoms with E-state index in [-0.39, 0.29) is 6.04 Å². The van der Waals surface area contributed by atoms with Crippen LogP contribution in [0.5, 0.6) is 0 Å². The van der Waals surface area contributed by atoms with Gasteiger partial charge in [0, 0.05) is 12.1 Å². The van der Waals surface area contributed by atoms with E-state index in [0.717, 1.165) is 25.2 Å². The Bertz CT molecular complexity index is 281. The van der Waals surface area contributed by atoms with Gasteiger partial charge in [-0.1, -0.05) is 0 Å². The average Bonchev–Trinajstić information content (AvgIpc) is 2.06. The minimum Gasteiger partial charge on any atom is -0.351 e. The van der Waals surface area contributed by atoms with E-state index in [1.165, 1.54) is 0 Å². The Morgan fingerprint density at radius 1 is 1.38 bits per heavy atom. The quantitative estimate of drug-likeness (QED) is 0.699. The summed E-state index contributed by atoms with van der Waals surface area (Å²) in [5.74, 6) is 0.0501. The Hall–Kier alpha value is -1.23. The van der Waals surface area contributed by atoms with Crippen molar-refractivity contribution in [3.05, 3.63) is 18.2 Å². The molecule has 1 aromatic rings. The van der Waals surface area contributed by atoms with Crippen molar-refractivity contribution in [3.63, 3.8) is 0 Å². The van der Waals surface area contributed by atoms with Crippen LogP contribution >= 0.6 is 0 Å². The van der Waals surface area contributed by atoms with Crippen molar-refractivity contribution in [2.24, 2.45) is 5.73 Å². The topological polar surface area (TPSA) is 63.8 Å². The molecule has 5 heteroatoms. The van der Waals surface area contributed by atoms with Crippen LogP contribution in [0.4, 0.5) is 10.3 Å². The molecule has 1 heterocycles. The number of hydrogen-bond acceptors (Lipinski definition) is 4. The summed E-state index contributed by atoms with van der Waals surface area (Å²) in [5, 5.41) is 3.07. The lowest BCUT2D eigenvalue weighted by molar-refractivity contribution is 0.372. The minimum atomic E-state index is -0.420. The molecular formula is C8H11FN4. The van der Waals surface area contributed by atoms with Crippen LogP contribution in [-0.2, 0) is 0 Å². The van der Waals surface area contributed by atoms with Crippen LogP contribution in [0.2, 0.25) is 0 Å². The Balaban J connectivity index is 1.91. The van der Waals surface area contributed by atoms with Gasteiger partial charge in [-0.25, -0.2) is 14.4 Å². The Kier molecular flexibility index (Phi) is 2.10. The third kappa shape index (κ3) is 1.92. The lowest BCUT2D eigenvalue weighted by Gasteiger charge is -2.32. The molecule has 1 aromatic heterocycles. The molecule has 0 aliphatic heterocycles. The summed E-state index contributed by atoms with van der Waals surface area (Å²) in [7, 11) is 0. The summed E-state index contributed by atoms with van der Waals surface area (Å²) in [6, 6.07) is 0.637. The SMILES string of the molecule is NC1CC(Nc2ncc(F)cn2)C1. The van der Waals surface area contributed by atoms with Crippen LogP contribution in [-0.4, -0.2) is 22.1 Å². The molecule has 0 spiro atoms. The molecule has 1 aliphatic carbocycles. The summed E-state index contributed by atoms with van der Waals surface area (Å²) < 4.78 is 12.4. The first-order valence-corrected chi connectivity index (χ1v) is 4.23. The van der Waals surface area contributed by atoms with Gasteiger partial charge in [0.25, 0.3) is 0 Å². The van der Waals surface area contributed by atoms with Crippen molar-refractivity contribution in [1.29, 1.82) is 0 Å². The predicted molar refractivity (Wildman–Crippen MR) is 46.6 cm³/mol. The summed E-state index contributed by atoms with van der Waals surface area (Å²) in [5.41, 5.74) is 5.61. The lowest BCUT2D eigenvalue weighted by Crippen LogP contribution is -2.44. The van der Waals surface area contributed by atoms with Gasteiger partial charge in [0.2, 0.25) is 5.95 Å². The van der Waals surface area contributed by atoms with E-state index in [4.69, 9.17) is 5.73 Å². The minimum absolute atomic E-state index is 0.290. The Morgan fingerprint density at radius 2 is 2.00 bits per heavy atom. The maximum Gasteiger partial charge on any atom is 0.222 e. The fourth-order valence-corrected chi connectivity index (χ4v) is 1.35. The van der Waals surface area contributed by atoms with Gasteiger partial charge < -0.3 is 11.1 Å². The molecule has 1 fully saturated rings. The molecule has 0 atom stereocenters. The first kappa shape index (κ1) is 8.37. The maximum absolute atomic E-state index is 12.4. The van der Waals surface area contributed by atoms with E-state index in [1.54, 1.807) is 0 Å². The molecule has 1 saturated carbocycles. The van der Waals surface area contributed by atoms with E-state index < -0.39 is 5.82 Å². The predicted octanol–water partition coefficient (Wildman–Crippen LogP) is 0.517. The average molecular weight is 182 g/mol. The van der Waals surface area contributed by atoms with Crippen LogP contribution in [0.1, 0.15) is 12.8 Å².